The lowest BCUT2D eigenvalue weighted by Gasteiger charge is -2.26. The number of pyridine rings is 4. The monoisotopic (exact) mass is 1640 g/mol. The van der Waals surface area contributed by atoms with E-state index in [1.807, 2.05) is 125 Å². The van der Waals surface area contributed by atoms with Crippen LogP contribution in [0.1, 0.15) is 140 Å². The summed E-state index contributed by atoms with van der Waals surface area (Å²) in [5, 5.41) is 94.8. The zero-order chi connectivity index (χ0) is 83.1. The lowest BCUT2D eigenvalue weighted by molar-refractivity contribution is -0.0309. The summed E-state index contributed by atoms with van der Waals surface area (Å²) >= 11 is 0. The average Bonchev–Trinajstić information content (AvgIpc) is 1.61. The Morgan fingerprint density at radius 3 is 1.26 bits per heavy atom. The zero-order valence-corrected chi connectivity index (χ0v) is 67.5. The number of hydrogen-bond donors (Lipinski definition) is 12. The van der Waals surface area contributed by atoms with E-state index in [1.54, 1.807) is 49.4 Å². The van der Waals surface area contributed by atoms with E-state index in [4.69, 9.17) is 40.9 Å². The van der Waals surface area contributed by atoms with Crippen LogP contribution in [0.25, 0.3) is 44.1 Å². The molecule has 21 rings (SSSR count). The highest BCUT2D eigenvalue weighted by Gasteiger charge is 2.61. The molecule has 0 bridgehead atoms. The molecular formula is C87H104N20O13. The summed E-state index contributed by atoms with van der Waals surface area (Å²) in [6.07, 6.45) is 21.5. The number of aromatic nitrogens is 16. The quantitative estimate of drug-likeness (QED) is 0.0568. The number of aliphatic hydroxyl groups excluding tert-OH is 8. The van der Waals surface area contributed by atoms with Gasteiger partial charge >= 0.3 is 0 Å². The van der Waals surface area contributed by atoms with Crippen molar-refractivity contribution >= 4 is 67.4 Å². The van der Waals surface area contributed by atoms with Gasteiger partial charge < -0.3 is 105 Å². The fraction of sp³-hybridized carbons (Fsp3) is 0.494. The van der Waals surface area contributed by atoms with Gasteiger partial charge in [0.1, 0.15) is 96.4 Å². The fourth-order valence-corrected chi connectivity index (χ4v) is 20.7. The van der Waals surface area contributed by atoms with Crippen LogP contribution in [0.3, 0.4) is 0 Å². The van der Waals surface area contributed by atoms with Crippen LogP contribution < -0.4 is 27.3 Å². The second kappa shape index (κ2) is 32.5. The Balaban J connectivity index is 0.000000110. The number of nitrogens with one attached hydrogen (secondary N) is 1. The maximum Gasteiger partial charge on any atom is 0.168 e. The van der Waals surface area contributed by atoms with Gasteiger partial charge in [-0.25, -0.2) is 59.8 Å². The van der Waals surface area contributed by atoms with Gasteiger partial charge in [-0.3, -0.25) is 0 Å². The van der Waals surface area contributed by atoms with Crippen molar-refractivity contribution in [1.82, 2.24) is 78.1 Å². The standard InChI is InChI=1S/C22H25N5O4.2C22H27N5O3.C21H25N5O3/c1-12-14-2-4-27(21(14)26-11-25-12)15-7-22(19(29)18(15)28)8-17(31-10-22)13-6-16-20(24-9-13)23-3-5-30-16;1-13-16-6-7-27(21(16)26-12-25-13)17-9-22(20(29)19(17)28)8-15(30-11-22)4-2-14-3-5-18(23)24-10-14;1-13-16-7-8-27(21(16)25-12-24-13)17-10-22(20(29)19(17)28)9-15(30-11-22)6-5-14-3-2-4-18(23)26-14;1-12-15-4-5-26(20(15)25-11-24-12)16-8-21(19(28)18(16)27)7-14(29-10-21)6-13-2-3-17(22)23-9-13/h2,4,6,9,11,15,17-19,28-29H,3,5,7-8,10H2,1H3,(H,23,24);3,5-7,10,12,15,17,19-20,28-29H,2,4,8-9,11H2,1H3,(H2,23,24);2-4,7-8,12,15,17,19-20,28-29H,5-6,9-11H2,1H3,(H2,23,26);2-5,9,11,14,16,18-19,27-28H,6-8,10H2,1H3,(H2,22,23)/t15-,17-,18+,19+,22-;2*15-,17+,19-,20-,22-;14-,16+,18-,19-,21-/m1000/s1. The predicted molar refractivity (Wildman–Crippen MR) is 442 cm³/mol. The van der Waals surface area contributed by atoms with Crippen molar-refractivity contribution in [2.24, 2.45) is 21.7 Å². The fourth-order valence-electron chi connectivity index (χ4n) is 20.7. The van der Waals surface area contributed by atoms with E-state index < -0.39 is 70.5 Å². The van der Waals surface area contributed by atoms with Gasteiger partial charge in [0.15, 0.2) is 11.6 Å². The summed E-state index contributed by atoms with van der Waals surface area (Å²) < 4.78 is 38.0. The van der Waals surface area contributed by atoms with E-state index in [1.165, 1.54) is 12.7 Å². The normalized spacial score (nSPS) is 31.6. The Morgan fingerprint density at radius 1 is 0.417 bits per heavy atom. The molecule has 12 aromatic heterocycles. The number of ether oxygens (including phenoxy) is 5. The number of nitrogens with two attached hydrogens (primary N) is 3. The first kappa shape index (κ1) is 80.6. The molecule has 4 spiro atoms. The van der Waals surface area contributed by atoms with E-state index in [0.717, 1.165) is 146 Å². The molecule has 20 atom stereocenters. The third-order valence-corrected chi connectivity index (χ3v) is 27.4. The second-order valence-corrected chi connectivity index (χ2v) is 34.8. The summed E-state index contributed by atoms with van der Waals surface area (Å²) in [4.78, 5) is 51.7. The van der Waals surface area contributed by atoms with Crippen LogP contribution >= 0.6 is 0 Å². The van der Waals surface area contributed by atoms with E-state index >= 15 is 0 Å². The Morgan fingerprint density at radius 2 is 0.825 bits per heavy atom. The van der Waals surface area contributed by atoms with Gasteiger partial charge in [0, 0.05) is 104 Å². The number of hydrogen-bond acceptors (Lipinski definition) is 29. The van der Waals surface area contributed by atoms with E-state index in [0.29, 0.717) is 95.4 Å². The van der Waals surface area contributed by atoms with Crippen molar-refractivity contribution in [3.05, 3.63) is 187 Å². The van der Waals surface area contributed by atoms with Crippen LogP contribution in [-0.2, 0) is 38.2 Å². The summed E-state index contributed by atoms with van der Waals surface area (Å²) in [6.45, 7) is 10.8. The van der Waals surface area contributed by atoms with Gasteiger partial charge in [-0.1, -0.05) is 18.2 Å². The van der Waals surface area contributed by atoms with Crippen LogP contribution in [0.4, 0.5) is 23.3 Å². The Kier molecular flexibility index (Phi) is 21.9. The van der Waals surface area contributed by atoms with Crippen LogP contribution in [-0.4, -0.2) is 226 Å². The molecule has 0 aromatic carbocycles. The maximum atomic E-state index is 11.1. The van der Waals surface area contributed by atoms with Crippen LogP contribution in [0.2, 0.25) is 0 Å². The molecular weight excluding hydrogens is 1530 g/mol. The third-order valence-electron chi connectivity index (χ3n) is 27.4. The van der Waals surface area contributed by atoms with Crippen LogP contribution in [0.15, 0.2) is 141 Å². The molecule has 33 heteroatoms. The number of fused-ring (bicyclic) bond motifs is 5. The van der Waals surface area contributed by atoms with Gasteiger partial charge in [-0.15, -0.1) is 0 Å². The predicted octanol–water partition coefficient (Wildman–Crippen LogP) is 6.74. The molecule has 630 valence electrons. The summed E-state index contributed by atoms with van der Waals surface area (Å²) in [5.74, 6) is 3.00. The molecule has 4 saturated heterocycles. The first-order valence-corrected chi connectivity index (χ1v) is 41.5. The molecule has 8 fully saturated rings. The zero-order valence-electron chi connectivity index (χ0n) is 67.5. The highest BCUT2D eigenvalue weighted by Crippen LogP contribution is 2.58. The molecule has 0 amide bonds. The van der Waals surface area contributed by atoms with Crippen LogP contribution in [0, 0.1) is 49.4 Å². The maximum absolute atomic E-state index is 11.1. The van der Waals surface area contributed by atoms with Crippen LogP contribution in [0.5, 0.6) is 5.75 Å². The number of anilines is 4. The van der Waals surface area contributed by atoms with Crippen molar-refractivity contribution < 1.29 is 64.5 Å². The smallest absolute Gasteiger partial charge is 0.168 e. The van der Waals surface area contributed by atoms with Gasteiger partial charge in [-0.05, 0) is 170 Å². The third kappa shape index (κ3) is 15.0. The van der Waals surface area contributed by atoms with Crippen molar-refractivity contribution in [2.75, 3.05) is 62.1 Å². The van der Waals surface area contributed by atoms with Crippen molar-refractivity contribution in [1.29, 1.82) is 0 Å². The number of aryl methyl sites for hydroxylation is 6. The average molecular weight is 1640 g/mol. The van der Waals surface area contributed by atoms with Crippen molar-refractivity contribution in [2.45, 2.75) is 209 Å². The molecule has 5 aliphatic heterocycles. The minimum absolute atomic E-state index is 0.0213. The summed E-state index contributed by atoms with van der Waals surface area (Å²) in [5.41, 5.74) is 26.0. The second-order valence-electron chi connectivity index (χ2n) is 34.8. The van der Waals surface area contributed by atoms with Crippen molar-refractivity contribution in [3.8, 4) is 5.75 Å². The molecule has 4 saturated carbocycles. The Bertz CT molecular complexity index is 5680. The summed E-state index contributed by atoms with van der Waals surface area (Å²) in [7, 11) is 0. The SMILES string of the molecule is Cc1ncnc2c1ccn2[C@@H]1C[C@@]2(CO[C@@H](CCc3ccc(N)nc3)C2)[C@@H](O)[C@H]1O.Cc1ncnc2c1ccn2[C@@H]1C[C@@]2(CO[C@@H](CCc3cccc(N)n3)C2)[C@@H](O)[C@H]1O.Cc1ncnc2c1ccn2[C@@H]1C[C@@]2(CO[C@@H](Cc3ccc(N)nc3)C2)[C@@H](O)[C@H]1O.Cc1ncnc2c1ccn2[C@@H]1C[C@@]2(CO[C@@H](c3cnc4c(c3)OCCN4)C2)[C@@H](O)[C@H]1O. The first-order chi connectivity index (χ1) is 58.0. The molecule has 0 unspecified atom stereocenters. The van der Waals surface area contributed by atoms with E-state index in [-0.39, 0.29) is 48.6 Å². The number of rotatable bonds is 13. The van der Waals surface area contributed by atoms with Gasteiger partial charge in [0.2, 0.25) is 0 Å². The minimum Gasteiger partial charge on any atom is -0.488 e. The molecule has 33 nitrogen and oxygen atoms in total. The largest absolute Gasteiger partial charge is 0.488 e. The topological polar surface area (TPSA) is 472 Å². The summed E-state index contributed by atoms with van der Waals surface area (Å²) in [6, 6.07) is 22.0. The van der Waals surface area contributed by atoms with E-state index in [9.17, 15) is 40.9 Å². The van der Waals surface area contributed by atoms with Gasteiger partial charge in [0.25, 0.3) is 0 Å². The van der Waals surface area contributed by atoms with Gasteiger partial charge in [-0.2, -0.15) is 0 Å². The Hall–Kier alpha value is -10.4. The van der Waals surface area contributed by atoms with Crippen molar-refractivity contribution in [3.63, 3.8) is 0 Å². The molecule has 12 aromatic rings. The number of nitrogen functional groups attached to an aromatic ring is 3. The molecule has 15 N–H and O–H groups in total. The highest BCUT2D eigenvalue weighted by atomic mass is 16.5. The molecule has 120 heavy (non-hydrogen) atoms. The number of nitrogens with zero attached hydrogens (tertiary/aromatic N) is 16. The molecule has 9 aliphatic rings. The first-order valence-electron chi connectivity index (χ1n) is 41.5. The molecule has 17 heterocycles. The molecule has 4 aliphatic carbocycles. The highest BCUT2D eigenvalue weighted by molar-refractivity contribution is 5.81. The van der Waals surface area contributed by atoms with E-state index in [2.05, 4.69) is 65.1 Å². The Labute approximate surface area is 691 Å². The lowest BCUT2D eigenvalue weighted by atomic mass is 9.80. The lowest BCUT2D eigenvalue weighted by Crippen LogP contribution is -2.37. The van der Waals surface area contributed by atoms with Gasteiger partial charge in [0.05, 0.1) is 129 Å². The molecule has 0 radical (unpaired) electrons. The minimum atomic E-state index is -0.901. The number of aliphatic hydroxyl groups is 8.